The summed E-state index contributed by atoms with van der Waals surface area (Å²) in [6, 6.07) is 16.3. The molecule has 0 amide bonds. The third-order valence-corrected chi connectivity index (χ3v) is 3.83. The Morgan fingerprint density at radius 3 is 2.46 bits per heavy atom. The van der Waals surface area contributed by atoms with Crippen molar-refractivity contribution in [3.8, 4) is 17.4 Å². The number of ether oxygens (including phenoxy) is 2. The van der Waals surface area contributed by atoms with Gasteiger partial charge in [0.05, 0.1) is 5.52 Å². The Morgan fingerprint density at radius 1 is 1.08 bits per heavy atom. The zero-order valence-electron chi connectivity index (χ0n) is 12.8. The van der Waals surface area contributed by atoms with Crippen LogP contribution in [0.25, 0.3) is 10.9 Å². The lowest BCUT2D eigenvalue weighted by atomic mass is 10.2. The van der Waals surface area contributed by atoms with Gasteiger partial charge in [-0.15, -0.1) is 0 Å². The van der Waals surface area contributed by atoms with Crippen LogP contribution in [0.1, 0.15) is 6.92 Å². The molecule has 1 aromatic heterocycles. The quantitative estimate of drug-likeness (QED) is 0.690. The van der Waals surface area contributed by atoms with E-state index in [0.717, 1.165) is 15.4 Å². The Kier molecular flexibility index (Phi) is 4.66. The number of carboxylic acids is 1. The lowest BCUT2D eigenvalue weighted by Crippen LogP contribution is -2.22. The fourth-order valence-corrected chi connectivity index (χ4v) is 2.44. The normalized spacial score (nSPS) is 11.9. The van der Waals surface area contributed by atoms with Gasteiger partial charge in [0.2, 0.25) is 5.88 Å². The van der Waals surface area contributed by atoms with Crippen LogP contribution in [0.2, 0.25) is 0 Å². The van der Waals surface area contributed by atoms with Gasteiger partial charge in [0.1, 0.15) is 11.5 Å². The second-order valence-corrected chi connectivity index (χ2v) is 6.07. The van der Waals surface area contributed by atoms with E-state index in [-0.39, 0.29) is 0 Å². The van der Waals surface area contributed by atoms with Gasteiger partial charge in [-0.05, 0) is 49.4 Å². The number of aromatic nitrogens is 1. The molecule has 0 aliphatic heterocycles. The Hall–Kier alpha value is -2.60. The maximum atomic E-state index is 10.8. The number of aliphatic carboxylic acids is 1. The van der Waals surface area contributed by atoms with Crippen LogP contribution in [0, 0.1) is 0 Å². The first-order valence-electron chi connectivity index (χ1n) is 7.25. The Morgan fingerprint density at radius 2 is 1.75 bits per heavy atom. The zero-order valence-corrected chi connectivity index (χ0v) is 14.4. The third-order valence-electron chi connectivity index (χ3n) is 3.34. The summed E-state index contributed by atoms with van der Waals surface area (Å²) in [7, 11) is 0. The van der Waals surface area contributed by atoms with Crippen LogP contribution in [0.5, 0.6) is 17.4 Å². The number of nitrogens with zero attached hydrogens (tertiary/aromatic N) is 1. The SMILES string of the molecule is C[C@H](Oc1ccc(Oc2ccc3ccc(Br)cc3n2)cc1)C(=O)O. The van der Waals surface area contributed by atoms with E-state index < -0.39 is 12.1 Å². The van der Waals surface area contributed by atoms with E-state index in [2.05, 4.69) is 20.9 Å². The maximum absolute atomic E-state index is 10.8. The Bertz CT molecular complexity index is 880. The minimum Gasteiger partial charge on any atom is -0.479 e. The second-order valence-electron chi connectivity index (χ2n) is 5.16. The zero-order chi connectivity index (χ0) is 17.1. The topological polar surface area (TPSA) is 68.7 Å². The van der Waals surface area contributed by atoms with E-state index in [1.165, 1.54) is 6.92 Å². The lowest BCUT2D eigenvalue weighted by molar-refractivity contribution is -0.144. The van der Waals surface area contributed by atoms with Crippen LogP contribution < -0.4 is 9.47 Å². The Balaban J connectivity index is 1.75. The number of hydrogen-bond donors (Lipinski definition) is 1. The molecule has 3 rings (SSSR count). The molecule has 6 heteroatoms. The van der Waals surface area contributed by atoms with E-state index >= 15 is 0 Å². The maximum Gasteiger partial charge on any atom is 0.344 e. The van der Waals surface area contributed by atoms with Crippen molar-refractivity contribution < 1.29 is 19.4 Å². The molecule has 0 aliphatic carbocycles. The number of pyridine rings is 1. The van der Waals surface area contributed by atoms with Gasteiger partial charge in [-0.3, -0.25) is 0 Å². The monoisotopic (exact) mass is 387 g/mol. The molecule has 3 aromatic rings. The summed E-state index contributed by atoms with van der Waals surface area (Å²) >= 11 is 3.42. The predicted octanol–water partition coefficient (Wildman–Crippen LogP) is 4.64. The van der Waals surface area contributed by atoms with E-state index in [1.54, 1.807) is 30.3 Å². The molecule has 1 atom stereocenters. The molecule has 0 bridgehead atoms. The van der Waals surface area contributed by atoms with Crippen molar-refractivity contribution in [2.45, 2.75) is 13.0 Å². The van der Waals surface area contributed by atoms with Crippen molar-refractivity contribution in [2.24, 2.45) is 0 Å². The van der Waals surface area contributed by atoms with E-state index in [0.29, 0.717) is 17.4 Å². The molecule has 122 valence electrons. The van der Waals surface area contributed by atoms with Crippen LogP contribution in [0.3, 0.4) is 0 Å². The summed E-state index contributed by atoms with van der Waals surface area (Å²) in [5.74, 6) is 0.523. The fourth-order valence-electron chi connectivity index (χ4n) is 2.09. The smallest absolute Gasteiger partial charge is 0.344 e. The van der Waals surface area contributed by atoms with Gasteiger partial charge in [0, 0.05) is 15.9 Å². The van der Waals surface area contributed by atoms with Crippen molar-refractivity contribution in [1.29, 1.82) is 0 Å². The van der Waals surface area contributed by atoms with Crippen molar-refractivity contribution in [3.63, 3.8) is 0 Å². The van der Waals surface area contributed by atoms with Gasteiger partial charge in [-0.25, -0.2) is 9.78 Å². The first-order chi connectivity index (χ1) is 11.5. The molecule has 1 N–H and O–H groups in total. The molecule has 5 nitrogen and oxygen atoms in total. The molecule has 0 spiro atoms. The van der Waals surface area contributed by atoms with Crippen molar-refractivity contribution in [1.82, 2.24) is 4.98 Å². The highest BCUT2D eigenvalue weighted by molar-refractivity contribution is 9.10. The highest BCUT2D eigenvalue weighted by Crippen LogP contribution is 2.26. The van der Waals surface area contributed by atoms with Crippen molar-refractivity contribution in [2.75, 3.05) is 0 Å². The highest BCUT2D eigenvalue weighted by atomic mass is 79.9. The highest BCUT2D eigenvalue weighted by Gasteiger charge is 2.12. The number of carboxylic acid groups (broad SMARTS) is 1. The van der Waals surface area contributed by atoms with Gasteiger partial charge < -0.3 is 14.6 Å². The van der Waals surface area contributed by atoms with E-state index in [9.17, 15) is 4.79 Å². The van der Waals surface area contributed by atoms with Crippen molar-refractivity contribution >= 4 is 32.8 Å². The summed E-state index contributed by atoms with van der Waals surface area (Å²) in [5.41, 5.74) is 0.831. The van der Waals surface area contributed by atoms with Crippen LogP contribution in [-0.2, 0) is 4.79 Å². The summed E-state index contributed by atoms with van der Waals surface area (Å²) in [5, 5.41) is 9.86. The number of hydrogen-bond acceptors (Lipinski definition) is 4. The largest absolute Gasteiger partial charge is 0.479 e. The molecule has 24 heavy (non-hydrogen) atoms. The first kappa shape index (κ1) is 16.3. The van der Waals surface area contributed by atoms with Gasteiger partial charge in [0.15, 0.2) is 6.10 Å². The average molecular weight is 388 g/mol. The lowest BCUT2D eigenvalue weighted by Gasteiger charge is -2.11. The first-order valence-corrected chi connectivity index (χ1v) is 8.04. The molecular formula is C18H14BrNO4. The summed E-state index contributed by atoms with van der Waals surface area (Å²) in [6.45, 7) is 1.48. The van der Waals surface area contributed by atoms with Gasteiger partial charge >= 0.3 is 5.97 Å². The molecule has 0 unspecified atom stereocenters. The molecule has 1 heterocycles. The van der Waals surface area contributed by atoms with Crippen LogP contribution in [0.15, 0.2) is 59.1 Å². The van der Waals surface area contributed by atoms with Gasteiger partial charge in [-0.1, -0.05) is 22.0 Å². The minimum absolute atomic E-state index is 0.465. The number of halogens is 1. The van der Waals surface area contributed by atoms with Crippen LogP contribution in [0.4, 0.5) is 0 Å². The van der Waals surface area contributed by atoms with E-state index in [4.69, 9.17) is 14.6 Å². The average Bonchev–Trinajstić information content (AvgIpc) is 2.56. The summed E-state index contributed by atoms with van der Waals surface area (Å²) < 4.78 is 12.0. The van der Waals surface area contributed by atoms with Crippen LogP contribution in [-0.4, -0.2) is 22.2 Å². The second kappa shape index (κ2) is 6.88. The third kappa shape index (κ3) is 3.83. The Labute approximate surface area is 147 Å². The molecule has 0 saturated heterocycles. The predicted molar refractivity (Wildman–Crippen MR) is 93.7 cm³/mol. The van der Waals surface area contributed by atoms with Gasteiger partial charge in [0.25, 0.3) is 0 Å². The van der Waals surface area contributed by atoms with Crippen LogP contribution >= 0.6 is 15.9 Å². The summed E-state index contributed by atoms with van der Waals surface area (Å²) in [6.07, 6.45) is -0.905. The number of carbonyl (C=O) groups is 1. The van der Waals surface area contributed by atoms with Crippen molar-refractivity contribution in [3.05, 3.63) is 59.1 Å². The minimum atomic E-state index is -1.01. The number of rotatable bonds is 5. The molecule has 2 aromatic carbocycles. The summed E-state index contributed by atoms with van der Waals surface area (Å²) in [4.78, 5) is 15.2. The molecule has 0 radical (unpaired) electrons. The van der Waals surface area contributed by atoms with E-state index in [1.807, 2.05) is 24.3 Å². The van der Waals surface area contributed by atoms with Gasteiger partial charge in [-0.2, -0.15) is 0 Å². The number of benzene rings is 2. The molecule has 0 saturated carbocycles. The molecule has 0 aliphatic rings. The molecule has 0 fully saturated rings. The standard InChI is InChI=1S/C18H14BrNO4/c1-11(18(21)22)23-14-5-7-15(8-6-14)24-17-9-3-12-2-4-13(19)10-16(12)20-17/h2-11H,1H3,(H,21,22)/t11-/m0/s1. The molecular weight excluding hydrogens is 374 g/mol. The fraction of sp³-hybridized carbons (Fsp3) is 0.111. The number of fused-ring (bicyclic) bond motifs is 1.